The van der Waals surface area contributed by atoms with E-state index < -0.39 is 36.6 Å². The van der Waals surface area contributed by atoms with Crippen LogP contribution in [0.5, 0.6) is 0 Å². The lowest BCUT2D eigenvalue weighted by molar-refractivity contribution is -0.321. The molecule has 0 fully saturated rings. The van der Waals surface area contributed by atoms with E-state index in [1.165, 1.54) is 6.92 Å². The van der Waals surface area contributed by atoms with Gasteiger partial charge in [-0.3, -0.25) is 4.79 Å². The number of carbonyl (C=O) groups excluding carboxylic acids is 1. The summed E-state index contributed by atoms with van der Waals surface area (Å²) in [5, 5.41) is 0. The van der Waals surface area contributed by atoms with Gasteiger partial charge in [0.2, 0.25) is 6.10 Å². The smallest absolute Gasteiger partial charge is 0.423 e. The maximum Gasteiger partial charge on any atom is 0.423 e. The Hall–Kier alpha value is -1.03. The summed E-state index contributed by atoms with van der Waals surface area (Å²) >= 11 is 0. The quantitative estimate of drug-likeness (QED) is 0.464. The summed E-state index contributed by atoms with van der Waals surface area (Å²) in [5.74, 6) is -0.819. The van der Waals surface area contributed by atoms with Crippen molar-refractivity contribution in [2.24, 2.45) is 5.73 Å². The lowest BCUT2D eigenvalue weighted by Gasteiger charge is -2.24. The molecule has 0 radical (unpaired) electrons. The number of carbonyl (C=O) groups is 1. The average Bonchev–Trinajstić information content (AvgIpc) is 2.23. The molecule has 120 valence electrons. The molecule has 0 aliphatic heterocycles. The van der Waals surface area contributed by atoms with Gasteiger partial charge in [-0.15, -0.1) is 0 Å². The highest BCUT2D eigenvalue weighted by Crippen LogP contribution is 2.35. The molecule has 0 spiro atoms. The number of rotatable bonds is 6. The zero-order valence-corrected chi connectivity index (χ0v) is 10.8. The Kier molecular flexibility index (Phi) is 6.27. The Labute approximate surface area is 111 Å². The molecule has 0 aliphatic rings. The van der Waals surface area contributed by atoms with Gasteiger partial charge in [0.05, 0.1) is 7.11 Å². The molecule has 0 amide bonds. The van der Waals surface area contributed by atoms with Gasteiger partial charge < -0.3 is 15.2 Å². The van der Waals surface area contributed by atoms with Gasteiger partial charge in [0.1, 0.15) is 5.54 Å². The second-order valence-corrected chi connectivity index (χ2v) is 4.35. The van der Waals surface area contributed by atoms with Crippen molar-refractivity contribution in [2.45, 2.75) is 43.8 Å². The monoisotopic (exact) mass is 311 g/mol. The van der Waals surface area contributed by atoms with Gasteiger partial charge in [-0.25, -0.2) is 0 Å². The topological polar surface area (TPSA) is 61.5 Å². The van der Waals surface area contributed by atoms with Crippen LogP contribution in [0.3, 0.4) is 0 Å². The van der Waals surface area contributed by atoms with Crippen LogP contribution in [-0.2, 0) is 14.3 Å². The molecule has 1 unspecified atom stereocenters. The second kappa shape index (κ2) is 6.61. The van der Waals surface area contributed by atoms with E-state index in [1.807, 2.05) is 0 Å². The fourth-order valence-corrected chi connectivity index (χ4v) is 1.35. The Morgan fingerprint density at radius 3 is 1.95 bits per heavy atom. The number of hydrogen-bond acceptors (Lipinski definition) is 4. The predicted molar refractivity (Wildman–Crippen MR) is 55.7 cm³/mol. The van der Waals surface area contributed by atoms with Crippen molar-refractivity contribution in [2.75, 3.05) is 13.7 Å². The van der Waals surface area contributed by atoms with Gasteiger partial charge in [0, 0.05) is 6.61 Å². The van der Waals surface area contributed by atoms with Crippen LogP contribution in [0.15, 0.2) is 0 Å². The van der Waals surface area contributed by atoms with E-state index in [1.54, 1.807) is 0 Å². The Morgan fingerprint density at radius 2 is 1.60 bits per heavy atom. The summed E-state index contributed by atoms with van der Waals surface area (Å²) in [6, 6.07) is 0. The molecule has 1 atom stereocenters. The minimum atomic E-state index is -5.55. The van der Waals surface area contributed by atoms with Crippen LogP contribution < -0.4 is 5.73 Å². The lowest BCUT2D eigenvalue weighted by atomic mass is 9.98. The molecule has 0 aliphatic carbocycles. The van der Waals surface area contributed by atoms with Crippen molar-refractivity contribution in [1.82, 2.24) is 0 Å². The molecule has 0 saturated carbocycles. The normalized spacial score (nSPS) is 16.1. The Morgan fingerprint density at radius 1 is 1.15 bits per heavy atom. The number of nitrogens with two attached hydrogens (primary N) is 1. The first-order valence-electron chi connectivity index (χ1n) is 5.44. The first-order valence-corrected chi connectivity index (χ1v) is 5.44. The molecular formula is C10H15F6NO3. The standard InChI is InChI=1S/C10H15F6NO3/c1-8(17,7(18)19-2)4-3-5-20-6(9(11,12)13)10(14,15)16/h6H,3-5,17H2,1-2H3. The summed E-state index contributed by atoms with van der Waals surface area (Å²) < 4.78 is 80.9. The van der Waals surface area contributed by atoms with Crippen LogP contribution in [0.4, 0.5) is 26.3 Å². The summed E-state index contributed by atoms with van der Waals surface area (Å²) in [4.78, 5) is 11.1. The molecule has 0 aromatic carbocycles. The van der Waals surface area contributed by atoms with E-state index in [-0.39, 0.29) is 12.8 Å². The number of hydrogen-bond donors (Lipinski definition) is 1. The molecule has 10 heteroatoms. The first-order chi connectivity index (χ1) is 8.82. The molecule has 0 saturated heterocycles. The van der Waals surface area contributed by atoms with Crippen molar-refractivity contribution in [1.29, 1.82) is 0 Å². The third-order valence-corrected chi connectivity index (χ3v) is 2.37. The molecular weight excluding hydrogens is 296 g/mol. The minimum absolute atomic E-state index is 0.178. The van der Waals surface area contributed by atoms with Gasteiger partial charge >= 0.3 is 18.3 Å². The summed E-state index contributed by atoms with van der Waals surface area (Å²) in [5.41, 5.74) is 3.99. The summed E-state index contributed by atoms with van der Waals surface area (Å²) in [6.07, 6.45) is -15.4. The van der Waals surface area contributed by atoms with Crippen LogP contribution in [0, 0.1) is 0 Å². The van der Waals surface area contributed by atoms with Gasteiger partial charge in [-0.1, -0.05) is 0 Å². The van der Waals surface area contributed by atoms with Crippen molar-refractivity contribution in [3.05, 3.63) is 0 Å². The van der Waals surface area contributed by atoms with Crippen LogP contribution in [-0.4, -0.2) is 43.7 Å². The number of methoxy groups -OCH3 is 1. The molecule has 0 bridgehead atoms. The zero-order chi connectivity index (χ0) is 16.2. The van der Waals surface area contributed by atoms with Crippen LogP contribution in [0.2, 0.25) is 0 Å². The van der Waals surface area contributed by atoms with Crippen LogP contribution in [0.25, 0.3) is 0 Å². The van der Waals surface area contributed by atoms with Crippen molar-refractivity contribution in [3.63, 3.8) is 0 Å². The minimum Gasteiger partial charge on any atom is -0.468 e. The Bertz CT molecular complexity index is 312. The highest BCUT2D eigenvalue weighted by Gasteiger charge is 2.57. The highest BCUT2D eigenvalue weighted by molar-refractivity contribution is 5.79. The molecule has 0 aromatic rings. The second-order valence-electron chi connectivity index (χ2n) is 4.35. The SMILES string of the molecule is COC(=O)C(C)(N)CCCOC(C(F)(F)F)C(F)(F)F. The molecule has 0 aromatic heterocycles. The van der Waals surface area contributed by atoms with Crippen LogP contribution >= 0.6 is 0 Å². The Balaban J connectivity index is 4.38. The van der Waals surface area contributed by atoms with E-state index in [0.29, 0.717) is 0 Å². The molecule has 2 N–H and O–H groups in total. The van der Waals surface area contributed by atoms with Crippen molar-refractivity contribution >= 4 is 5.97 Å². The molecule has 20 heavy (non-hydrogen) atoms. The van der Waals surface area contributed by atoms with Crippen molar-refractivity contribution < 1.29 is 40.6 Å². The predicted octanol–water partition coefficient (Wildman–Crippen LogP) is 2.17. The first kappa shape index (κ1) is 19.0. The maximum absolute atomic E-state index is 12.1. The largest absolute Gasteiger partial charge is 0.468 e. The average molecular weight is 311 g/mol. The van der Waals surface area contributed by atoms with E-state index in [0.717, 1.165) is 7.11 Å². The number of esters is 1. The molecule has 0 rings (SSSR count). The van der Waals surface area contributed by atoms with Crippen molar-refractivity contribution in [3.8, 4) is 0 Å². The number of ether oxygens (including phenoxy) is 2. The summed E-state index contributed by atoms with van der Waals surface area (Å²) in [6.45, 7) is 0.414. The maximum atomic E-state index is 12.1. The number of alkyl halides is 6. The highest BCUT2D eigenvalue weighted by atomic mass is 19.4. The molecule has 4 nitrogen and oxygen atoms in total. The third kappa shape index (κ3) is 5.95. The van der Waals surface area contributed by atoms with Crippen LogP contribution in [0.1, 0.15) is 19.8 Å². The van der Waals surface area contributed by atoms with Gasteiger partial charge in [0.15, 0.2) is 0 Å². The van der Waals surface area contributed by atoms with E-state index in [4.69, 9.17) is 5.73 Å². The number of halogens is 6. The van der Waals surface area contributed by atoms with E-state index in [9.17, 15) is 31.1 Å². The fourth-order valence-electron chi connectivity index (χ4n) is 1.35. The van der Waals surface area contributed by atoms with Gasteiger partial charge in [-0.2, -0.15) is 26.3 Å². The molecule has 0 heterocycles. The summed E-state index contributed by atoms with van der Waals surface area (Å²) in [7, 11) is 1.06. The van der Waals surface area contributed by atoms with Gasteiger partial charge in [0.25, 0.3) is 0 Å². The zero-order valence-electron chi connectivity index (χ0n) is 10.8. The van der Waals surface area contributed by atoms with Gasteiger partial charge in [-0.05, 0) is 19.8 Å². The lowest BCUT2D eigenvalue weighted by Crippen LogP contribution is -2.46. The van der Waals surface area contributed by atoms with E-state index >= 15 is 0 Å². The fraction of sp³-hybridized carbons (Fsp3) is 0.900. The third-order valence-electron chi connectivity index (χ3n) is 2.37. The van der Waals surface area contributed by atoms with E-state index in [2.05, 4.69) is 9.47 Å².